The van der Waals surface area contributed by atoms with Crippen molar-refractivity contribution < 1.29 is 52.4 Å². The van der Waals surface area contributed by atoms with E-state index >= 15 is 0 Å². The molecule has 2 bridgehead atoms. The van der Waals surface area contributed by atoms with Gasteiger partial charge in [0.2, 0.25) is 0 Å². The van der Waals surface area contributed by atoms with Gasteiger partial charge in [-0.15, -0.1) is 0 Å². The first kappa shape index (κ1) is 30.3. The van der Waals surface area contributed by atoms with Gasteiger partial charge in [0.15, 0.2) is 6.10 Å². The monoisotopic (exact) mass is 588 g/mol. The summed E-state index contributed by atoms with van der Waals surface area (Å²) in [6.07, 6.45) is -1.02. The standard InChI is InChI=1S/C31H40O11/c1-16-30(36)11-10-28(6)24(19-9-12-38-15-19)41-22(35)14-31(16,28)42-26-23(39-17(2)32)25(40-18(3)33)27(4,5)20(29(26,30)7)13-21(34)37-8/h9,12,15,20,23-26,36H,1,10-11,13-14H2,2-8H3/t20-,23-,24-,25+,26-,28-,29+,30-,31-/m0/s1. The van der Waals surface area contributed by atoms with Crippen LogP contribution in [0.15, 0.2) is 35.2 Å². The van der Waals surface area contributed by atoms with E-state index in [2.05, 4.69) is 6.58 Å². The van der Waals surface area contributed by atoms with E-state index in [4.69, 9.17) is 28.1 Å². The molecule has 9 atom stereocenters. The molecule has 1 aromatic rings. The molecule has 1 aromatic heterocycles. The number of methoxy groups -OCH3 is 1. The average molecular weight is 589 g/mol. The van der Waals surface area contributed by atoms with Gasteiger partial charge in [0.25, 0.3) is 0 Å². The quantitative estimate of drug-likeness (QED) is 0.306. The fourth-order valence-corrected chi connectivity index (χ4v) is 8.79. The zero-order chi connectivity index (χ0) is 31.0. The minimum absolute atomic E-state index is 0.149. The number of esters is 4. The lowest BCUT2D eigenvalue weighted by Crippen LogP contribution is -2.82. The van der Waals surface area contributed by atoms with Crippen LogP contribution < -0.4 is 0 Å². The SMILES string of the molecule is C=C1[C@@]23CC(=O)O[C@@H](c4ccoc4)[C@]2(C)CC[C@@]1(O)[C@@]1(C)[C@@H](O3)[C@@H](OC(C)=O)[C@@H](OC(C)=O)C(C)(C)[C@@H]1CC(=O)OC. The highest BCUT2D eigenvalue weighted by atomic mass is 16.6. The van der Waals surface area contributed by atoms with Crippen LogP contribution in [0.5, 0.6) is 0 Å². The molecule has 0 amide bonds. The van der Waals surface area contributed by atoms with E-state index < -0.39 is 81.7 Å². The number of carbonyl (C=O) groups is 4. The van der Waals surface area contributed by atoms with Gasteiger partial charge >= 0.3 is 23.9 Å². The van der Waals surface area contributed by atoms with Crippen molar-refractivity contribution in [3.05, 3.63) is 36.3 Å². The second-order valence-electron chi connectivity index (χ2n) is 13.3. The van der Waals surface area contributed by atoms with Crippen molar-refractivity contribution in [1.29, 1.82) is 0 Å². The van der Waals surface area contributed by atoms with Crippen LogP contribution in [0.4, 0.5) is 0 Å². The van der Waals surface area contributed by atoms with Crippen LogP contribution in [0, 0.1) is 22.2 Å². The van der Waals surface area contributed by atoms with Gasteiger partial charge in [-0.1, -0.05) is 34.3 Å². The third-order valence-electron chi connectivity index (χ3n) is 10.9. The molecule has 1 N–H and O–H groups in total. The zero-order valence-corrected chi connectivity index (χ0v) is 25.2. The Hall–Kier alpha value is -3.18. The Labute approximate surface area is 244 Å². The lowest BCUT2D eigenvalue weighted by atomic mass is 9.39. The molecule has 0 unspecified atom stereocenters. The van der Waals surface area contributed by atoms with Crippen LogP contribution in [-0.2, 0) is 42.9 Å². The third kappa shape index (κ3) is 3.85. The fraction of sp³-hybridized carbons (Fsp3) is 0.677. The zero-order valence-electron chi connectivity index (χ0n) is 25.2. The van der Waals surface area contributed by atoms with Crippen LogP contribution in [-0.4, -0.2) is 65.6 Å². The first-order valence-corrected chi connectivity index (χ1v) is 14.2. The van der Waals surface area contributed by atoms with E-state index in [9.17, 15) is 24.3 Å². The second-order valence-corrected chi connectivity index (χ2v) is 13.3. The van der Waals surface area contributed by atoms with Crippen molar-refractivity contribution in [2.75, 3.05) is 7.11 Å². The highest BCUT2D eigenvalue weighted by molar-refractivity contribution is 5.75. The summed E-state index contributed by atoms with van der Waals surface area (Å²) in [6.45, 7) is 14.2. The largest absolute Gasteiger partial charge is 0.472 e. The summed E-state index contributed by atoms with van der Waals surface area (Å²) in [5.74, 6) is -3.06. The molecule has 5 rings (SSSR count). The summed E-state index contributed by atoms with van der Waals surface area (Å²) in [7, 11) is 1.28. The molecule has 4 fully saturated rings. The second kappa shape index (κ2) is 9.67. The van der Waals surface area contributed by atoms with Gasteiger partial charge in [-0.05, 0) is 30.4 Å². The predicted molar refractivity (Wildman–Crippen MR) is 144 cm³/mol. The summed E-state index contributed by atoms with van der Waals surface area (Å²) in [4.78, 5) is 51.2. The van der Waals surface area contributed by atoms with Crippen LogP contribution in [0.2, 0.25) is 0 Å². The Balaban J connectivity index is 1.77. The van der Waals surface area contributed by atoms with Crippen LogP contribution in [0.1, 0.15) is 78.9 Å². The number of cyclic esters (lactones) is 1. The lowest BCUT2D eigenvalue weighted by Gasteiger charge is -2.74. The summed E-state index contributed by atoms with van der Waals surface area (Å²) >= 11 is 0. The Morgan fingerprint density at radius 3 is 2.33 bits per heavy atom. The molecule has 1 spiro atoms. The summed E-state index contributed by atoms with van der Waals surface area (Å²) < 4.78 is 35.1. The van der Waals surface area contributed by atoms with Crippen molar-refractivity contribution in [1.82, 2.24) is 0 Å². The normalized spacial score (nSPS) is 42.0. The number of furan rings is 1. The maximum Gasteiger partial charge on any atom is 0.309 e. The molecule has 2 aliphatic carbocycles. The van der Waals surface area contributed by atoms with Gasteiger partial charge < -0.3 is 33.2 Å². The minimum Gasteiger partial charge on any atom is -0.472 e. The Kier molecular flexibility index (Phi) is 6.97. The number of carbonyl (C=O) groups excluding carboxylic acids is 4. The van der Waals surface area contributed by atoms with E-state index in [0.717, 1.165) is 0 Å². The van der Waals surface area contributed by atoms with Crippen molar-refractivity contribution in [3.63, 3.8) is 0 Å². The van der Waals surface area contributed by atoms with E-state index in [-0.39, 0.29) is 19.3 Å². The van der Waals surface area contributed by atoms with Crippen LogP contribution >= 0.6 is 0 Å². The van der Waals surface area contributed by atoms with Crippen LogP contribution in [0.25, 0.3) is 0 Å². The molecular formula is C31H40O11. The summed E-state index contributed by atoms with van der Waals surface area (Å²) in [5, 5.41) is 12.9. The van der Waals surface area contributed by atoms with Crippen molar-refractivity contribution in [3.8, 4) is 0 Å². The molecule has 11 nitrogen and oxygen atoms in total. The molecule has 0 aromatic carbocycles. The maximum absolute atomic E-state index is 13.3. The molecule has 230 valence electrons. The molecule has 0 radical (unpaired) electrons. The van der Waals surface area contributed by atoms with E-state index in [0.29, 0.717) is 17.6 Å². The van der Waals surface area contributed by atoms with Crippen molar-refractivity contribution in [2.45, 2.75) is 103 Å². The van der Waals surface area contributed by atoms with Crippen molar-refractivity contribution >= 4 is 23.9 Å². The number of fused-ring (bicyclic) bond motifs is 3. The predicted octanol–water partition coefficient (Wildman–Crippen LogP) is 3.58. The van der Waals surface area contributed by atoms with Gasteiger partial charge in [-0.2, -0.15) is 0 Å². The van der Waals surface area contributed by atoms with Gasteiger partial charge in [0, 0.05) is 42.1 Å². The van der Waals surface area contributed by atoms with Gasteiger partial charge in [0.05, 0.1) is 31.7 Å². The molecule has 42 heavy (non-hydrogen) atoms. The Morgan fingerprint density at radius 1 is 1.10 bits per heavy atom. The number of hydrogen-bond acceptors (Lipinski definition) is 11. The molecule has 2 aliphatic heterocycles. The molecule has 2 saturated carbocycles. The first-order valence-electron chi connectivity index (χ1n) is 14.2. The molecule has 3 heterocycles. The minimum atomic E-state index is -1.69. The van der Waals surface area contributed by atoms with Gasteiger partial charge in [-0.3, -0.25) is 19.2 Å². The topological polar surface area (TPSA) is 148 Å². The third-order valence-corrected chi connectivity index (χ3v) is 10.9. The fourth-order valence-electron chi connectivity index (χ4n) is 8.79. The van der Waals surface area contributed by atoms with Gasteiger partial charge in [-0.25, -0.2) is 0 Å². The van der Waals surface area contributed by atoms with E-state index in [1.54, 1.807) is 13.0 Å². The van der Waals surface area contributed by atoms with E-state index in [1.807, 2.05) is 20.8 Å². The van der Waals surface area contributed by atoms with E-state index in [1.165, 1.54) is 33.5 Å². The Morgan fingerprint density at radius 2 is 1.76 bits per heavy atom. The first-order chi connectivity index (χ1) is 19.5. The Bertz CT molecular complexity index is 1320. The number of ether oxygens (including phenoxy) is 5. The molecule has 2 saturated heterocycles. The average Bonchev–Trinajstić information content (AvgIpc) is 3.44. The number of hydrogen-bond donors (Lipinski definition) is 1. The number of rotatable bonds is 5. The van der Waals surface area contributed by atoms with Crippen LogP contribution in [0.3, 0.4) is 0 Å². The summed E-state index contributed by atoms with van der Waals surface area (Å²) in [5.41, 5.74) is -5.48. The molecule has 4 aliphatic rings. The lowest BCUT2D eigenvalue weighted by molar-refractivity contribution is -0.367. The highest BCUT2D eigenvalue weighted by Gasteiger charge is 2.80. The maximum atomic E-state index is 13.3. The van der Waals surface area contributed by atoms with Crippen molar-refractivity contribution in [2.24, 2.45) is 22.2 Å². The van der Waals surface area contributed by atoms with Gasteiger partial charge in [0.1, 0.15) is 23.9 Å². The summed E-state index contributed by atoms with van der Waals surface area (Å²) in [6, 6.07) is 1.71. The number of aliphatic hydroxyl groups is 1. The highest BCUT2D eigenvalue weighted by Crippen LogP contribution is 2.73. The molecule has 11 heteroatoms. The molecular weight excluding hydrogens is 548 g/mol. The smallest absolute Gasteiger partial charge is 0.309 e.